The SMILES string of the molecule is CCNC(Cc1ccc(C)c(C)c1)c1cc(F)ccc1Cl. The van der Waals surface area contributed by atoms with Crippen LogP contribution in [0.25, 0.3) is 0 Å². The molecule has 0 saturated carbocycles. The minimum atomic E-state index is -0.252. The Morgan fingerprint density at radius 1 is 1.10 bits per heavy atom. The van der Waals surface area contributed by atoms with E-state index in [2.05, 4.69) is 37.4 Å². The Bertz CT molecular complexity index is 625. The van der Waals surface area contributed by atoms with Gasteiger partial charge in [0.25, 0.3) is 0 Å². The van der Waals surface area contributed by atoms with Crippen molar-refractivity contribution in [2.75, 3.05) is 6.54 Å². The lowest BCUT2D eigenvalue weighted by Gasteiger charge is -2.20. The quantitative estimate of drug-likeness (QED) is 0.820. The second-order valence-corrected chi connectivity index (χ2v) is 5.81. The maximum absolute atomic E-state index is 13.5. The third kappa shape index (κ3) is 4.05. The maximum atomic E-state index is 13.5. The smallest absolute Gasteiger partial charge is 0.123 e. The Balaban J connectivity index is 2.30. The van der Waals surface area contributed by atoms with Gasteiger partial charge in [-0.15, -0.1) is 0 Å². The van der Waals surface area contributed by atoms with Crippen LogP contribution >= 0.6 is 11.6 Å². The van der Waals surface area contributed by atoms with Crippen LogP contribution < -0.4 is 5.32 Å². The minimum Gasteiger partial charge on any atom is -0.310 e. The van der Waals surface area contributed by atoms with Crippen molar-refractivity contribution < 1.29 is 4.39 Å². The van der Waals surface area contributed by atoms with E-state index >= 15 is 0 Å². The van der Waals surface area contributed by atoms with Crippen LogP contribution in [0.3, 0.4) is 0 Å². The highest BCUT2D eigenvalue weighted by Gasteiger charge is 2.15. The summed E-state index contributed by atoms with van der Waals surface area (Å²) in [7, 11) is 0. The molecule has 2 aromatic rings. The van der Waals surface area contributed by atoms with Crippen molar-refractivity contribution in [1.29, 1.82) is 0 Å². The van der Waals surface area contributed by atoms with Gasteiger partial charge in [-0.25, -0.2) is 4.39 Å². The van der Waals surface area contributed by atoms with Crippen LogP contribution in [0.2, 0.25) is 5.02 Å². The Labute approximate surface area is 131 Å². The highest BCUT2D eigenvalue weighted by atomic mass is 35.5. The molecule has 1 N–H and O–H groups in total. The first kappa shape index (κ1) is 16.0. The summed E-state index contributed by atoms with van der Waals surface area (Å²) in [5.41, 5.74) is 4.59. The van der Waals surface area contributed by atoms with E-state index < -0.39 is 0 Å². The molecule has 2 rings (SSSR count). The Kier molecular flexibility index (Phi) is 5.38. The van der Waals surface area contributed by atoms with Gasteiger partial charge >= 0.3 is 0 Å². The number of benzene rings is 2. The van der Waals surface area contributed by atoms with Gasteiger partial charge in [0.2, 0.25) is 0 Å². The number of halogens is 2. The molecule has 2 aromatic carbocycles. The van der Waals surface area contributed by atoms with Crippen LogP contribution in [-0.2, 0) is 6.42 Å². The topological polar surface area (TPSA) is 12.0 Å². The number of hydrogen-bond acceptors (Lipinski definition) is 1. The Morgan fingerprint density at radius 2 is 1.86 bits per heavy atom. The molecule has 1 atom stereocenters. The molecule has 1 nitrogen and oxygen atoms in total. The number of hydrogen-bond donors (Lipinski definition) is 1. The summed E-state index contributed by atoms with van der Waals surface area (Å²) in [4.78, 5) is 0. The standard InChI is InChI=1S/C18H21ClFN/c1-4-21-18(16-11-15(20)7-8-17(16)19)10-14-6-5-12(2)13(3)9-14/h5-9,11,18,21H,4,10H2,1-3H3. The molecule has 0 aliphatic carbocycles. The predicted molar refractivity (Wildman–Crippen MR) is 87.4 cm³/mol. The molecular weight excluding hydrogens is 285 g/mol. The second-order valence-electron chi connectivity index (χ2n) is 5.40. The van der Waals surface area contributed by atoms with Crippen molar-refractivity contribution in [2.45, 2.75) is 33.2 Å². The van der Waals surface area contributed by atoms with Gasteiger partial charge in [0, 0.05) is 11.1 Å². The highest BCUT2D eigenvalue weighted by Crippen LogP contribution is 2.27. The van der Waals surface area contributed by atoms with E-state index in [0.29, 0.717) is 5.02 Å². The van der Waals surface area contributed by atoms with Gasteiger partial charge < -0.3 is 5.32 Å². The Hall–Kier alpha value is -1.38. The van der Waals surface area contributed by atoms with Gasteiger partial charge in [0.15, 0.2) is 0 Å². The fourth-order valence-electron chi connectivity index (χ4n) is 2.49. The molecule has 0 aliphatic heterocycles. The maximum Gasteiger partial charge on any atom is 0.123 e. The normalized spacial score (nSPS) is 12.4. The molecule has 0 aliphatic rings. The van der Waals surface area contributed by atoms with Gasteiger partial charge in [-0.2, -0.15) is 0 Å². The van der Waals surface area contributed by atoms with Crippen LogP contribution in [0.5, 0.6) is 0 Å². The predicted octanol–water partition coefficient (Wildman–Crippen LogP) is 4.99. The molecule has 1 unspecified atom stereocenters. The van der Waals surface area contributed by atoms with Crippen LogP contribution in [0.15, 0.2) is 36.4 Å². The average molecular weight is 306 g/mol. The third-order valence-corrected chi connectivity index (χ3v) is 4.14. The highest BCUT2D eigenvalue weighted by molar-refractivity contribution is 6.31. The van der Waals surface area contributed by atoms with Crippen molar-refractivity contribution in [2.24, 2.45) is 0 Å². The van der Waals surface area contributed by atoms with Crippen molar-refractivity contribution in [3.63, 3.8) is 0 Å². The van der Waals surface area contributed by atoms with Crippen LogP contribution in [-0.4, -0.2) is 6.54 Å². The number of nitrogens with one attached hydrogen (secondary N) is 1. The lowest BCUT2D eigenvalue weighted by molar-refractivity contribution is 0.543. The van der Waals surface area contributed by atoms with Crippen LogP contribution in [0, 0.1) is 19.7 Å². The molecule has 3 heteroatoms. The molecule has 0 amide bonds. The van der Waals surface area contributed by atoms with Crippen molar-refractivity contribution in [1.82, 2.24) is 5.32 Å². The van der Waals surface area contributed by atoms with Gasteiger partial charge in [0.05, 0.1) is 0 Å². The molecule has 0 fully saturated rings. The third-order valence-electron chi connectivity index (χ3n) is 3.80. The zero-order valence-corrected chi connectivity index (χ0v) is 13.5. The second kappa shape index (κ2) is 7.06. The van der Waals surface area contributed by atoms with E-state index in [0.717, 1.165) is 18.5 Å². The van der Waals surface area contributed by atoms with E-state index in [4.69, 9.17) is 11.6 Å². The summed E-state index contributed by atoms with van der Waals surface area (Å²) in [6.45, 7) is 7.06. The van der Waals surface area contributed by atoms with Crippen molar-refractivity contribution in [3.05, 3.63) is 69.5 Å². The van der Waals surface area contributed by atoms with E-state index in [1.807, 2.05) is 6.92 Å². The largest absolute Gasteiger partial charge is 0.310 e. The zero-order chi connectivity index (χ0) is 15.4. The molecular formula is C18H21ClFN. The first-order valence-electron chi connectivity index (χ1n) is 7.25. The molecule has 21 heavy (non-hydrogen) atoms. The van der Waals surface area contributed by atoms with E-state index in [-0.39, 0.29) is 11.9 Å². The van der Waals surface area contributed by atoms with E-state index in [9.17, 15) is 4.39 Å². The van der Waals surface area contributed by atoms with Crippen LogP contribution in [0.4, 0.5) is 4.39 Å². The summed E-state index contributed by atoms with van der Waals surface area (Å²) >= 11 is 6.24. The minimum absolute atomic E-state index is 0.0142. The molecule has 0 saturated heterocycles. The van der Waals surface area contributed by atoms with E-state index in [1.54, 1.807) is 6.07 Å². The van der Waals surface area contributed by atoms with Gasteiger partial charge in [0.1, 0.15) is 5.82 Å². The fraction of sp³-hybridized carbons (Fsp3) is 0.333. The molecule has 0 heterocycles. The monoisotopic (exact) mass is 305 g/mol. The summed E-state index contributed by atoms with van der Waals surface area (Å²) in [6.07, 6.45) is 0.790. The lowest BCUT2D eigenvalue weighted by Crippen LogP contribution is -2.23. The van der Waals surface area contributed by atoms with Crippen LogP contribution in [0.1, 0.15) is 35.2 Å². The number of likely N-dealkylation sites (N-methyl/N-ethyl adjacent to an activating group) is 1. The van der Waals surface area contributed by atoms with Gasteiger partial charge in [-0.05, 0) is 67.3 Å². The first-order valence-corrected chi connectivity index (χ1v) is 7.63. The molecule has 0 aromatic heterocycles. The summed E-state index contributed by atoms with van der Waals surface area (Å²) < 4.78 is 13.5. The summed E-state index contributed by atoms with van der Waals surface area (Å²) in [5.74, 6) is -0.252. The zero-order valence-electron chi connectivity index (χ0n) is 12.7. The summed E-state index contributed by atoms with van der Waals surface area (Å²) in [6, 6.07) is 11.0. The lowest BCUT2D eigenvalue weighted by atomic mass is 9.96. The van der Waals surface area contributed by atoms with Crippen molar-refractivity contribution in [3.8, 4) is 0 Å². The van der Waals surface area contributed by atoms with E-state index in [1.165, 1.54) is 28.8 Å². The first-order chi connectivity index (χ1) is 10.0. The molecule has 0 bridgehead atoms. The van der Waals surface area contributed by atoms with Crippen molar-refractivity contribution >= 4 is 11.6 Å². The molecule has 0 radical (unpaired) electrons. The summed E-state index contributed by atoms with van der Waals surface area (Å²) in [5, 5.41) is 4.00. The number of rotatable bonds is 5. The average Bonchev–Trinajstić information content (AvgIpc) is 2.45. The fourth-order valence-corrected chi connectivity index (χ4v) is 2.74. The van der Waals surface area contributed by atoms with Gasteiger partial charge in [-0.3, -0.25) is 0 Å². The molecule has 0 spiro atoms. The molecule has 112 valence electrons. The van der Waals surface area contributed by atoms with Gasteiger partial charge in [-0.1, -0.05) is 36.7 Å². The number of aryl methyl sites for hydroxylation is 2. The Morgan fingerprint density at radius 3 is 2.52 bits per heavy atom.